The Hall–Kier alpha value is -4.43. The standard InChI is InChI=1S/C37H32N2OP/c1-2-3-4-5-16-27-38-33-23-14-13-22-32(33)36-35(38)26-25-31-30-21-12-15-24-34(30)39(37(31)36)41(40,28-17-8-6-9-18-28)29-19-10-7-11-20-29/h2-15,17-26,40H,16,27H2,1H3/q+1/b3-2-,5-4-. The van der Waals surface area contributed by atoms with Crippen molar-refractivity contribution in [3.8, 4) is 0 Å². The molecule has 0 aliphatic carbocycles. The third-order valence-corrected chi connectivity index (χ3v) is 11.1. The second-order valence-electron chi connectivity index (χ2n) is 10.4. The molecule has 0 aliphatic heterocycles. The van der Waals surface area contributed by atoms with E-state index in [1.54, 1.807) is 0 Å². The van der Waals surface area contributed by atoms with E-state index in [4.69, 9.17) is 0 Å². The molecular formula is C37H32N2OP+. The molecule has 41 heavy (non-hydrogen) atoms. The fraction of sp³-hybridized carbons (Fsp3) is 0.0811. The van der Waals surface area contributed by atoms with E-state index in [1.165, 1.54) is 21.8 Å². The smallest absolute Gasteiger partial charge is 0.303 e. The van der Waals surface area contributed by atoms with Crippen molar-refractivity contribution >= 4 is 61.9 Å². The van der Waals surface area contributed by atoms with Crippen molar-refractivity contribution in [2.45, 2.75) is 19.9 Å². The topological polar surface area (TPSA) is 30.1 Å². The molecule has 2 aromatic heterocycles. The van der Waals surface area contributed by atoms with Gasteiger partial charge < -0.3 is 4.57 Å². The monoisotopic (exact) mass is 551 g/mol. The quantitative estimate of drug-likeness (QED) is 0.156. The minimum atomic E-state index is -3.09. The number of benzene rings is 5. The van der Waals surface area contributed by atoms with E-state index in [0.717, 1.165) is 45.4 Å². The van der Waals surface area contributed by atoms with E-state index in [9.17, 15) is 4.89 Å². The number of nitrogens with zero attached hydrogens (tertiary/aromatic N) is 2. The van der Waals surface area contributed by atoms with Gasteiger partial charge in [0.1, 0.15) is 5.52 Å². The highest BCUT2D eigenvalue weighted by Crippen LogP contribution is 2.59. The SMILES string of the molecule is C/C=C\C=C/CCn1c2ccccc2c2c1ccc1c3ccccc3n([P+](O)(c3ccccc3)c3ccccc3)c12. The van der Waals surface area contributed by atoms with Crippen LogP contribution in [0.3, 0.4) is 0 Å². The van der Waals surface area contributed by atoms with Gasteiger partial charge in [-0.25, -0.2) is 4.89 Å². The summed E-state index contributed by atoms with van der Waals surface area (Å²) in [7, 11) is -3.09. The number of para-hydroxylation sites is 2. The second-order valence-corrected chi connectivity index (χ2v) is 13.0. The predicted molar refractivity (Wildman–Crippen MR) is 178 cm³/mol. The summed E-state index contributed by atoms with van der Waals surface area (Å²) in [6.45, 7) is 2.91. The minimum Gasteiger partial charge on any atom is -0.340 e. The number of aryl methyl sites for hydroxylation is 1. The van der Waals surface area contributed by atoms with Crippen LogP contribution in [0.5, 0.6) is 0 Å². The lowest BCUT2D eigenvalue weighted by molar-refractivity contribution is 0.615. The lowest BCUT2D eigenvalue weighted by atomic mass is 10.1. The summed E-state index contributed by atoms with van der Waals surface area (Å²) in [4.78, 5) is 13.2. The van der Waals surface area contributed by atoms with E-state index in [2.05, 4.69) is 118 Å². The highest BCUT2D eigenvalue weighted by Gasteiger charge is 2.47. The molecule has 0 saturated carbocycles. The Labute approximate surface area is 240 Å². The third kappa shape index (κ3) is 4.04. The van der Waals surface area contributed by atoms with Gasteiger partial charge >= 0.3 is 7.64 Å². The molecule has 0 fully saturated rings. The van der Waals surface area contributed by atoms with Gasteiger partial charge in [-0.15, -0.1) is 0 Å². The van der Waals surface area contributed by atoms with Crippen LogP contribution >= 0.6 is 7.64 Å². The summed E-state index contributed by atoms with van der Waals surface area (Å²) in [6, 6.07) is 42.2. The summed E-state index contributed by atoms with van der Waals surface area (Å²) in [5.41, 5.74) is 4.54. The number of allylic oxidation sites excluding steroid dienone is 4. The number of hydrogen-bond acceptors (Lipinski definition) is 1. The van der Waals surface area contributed by atoms with E-state index in [-0.39, 0.29) is 0 Å². The summed E-state index contributed by atoms with van der Waals surface area (Å²) in [6.07, 6.45) is 9.41. The van der Waals surface area contributed by atoms with Crippen molar-refractivity contribution in [1.82, 2.24) is 8.90 Å². The lowest BCUT2D eigenvalue weighted by Gasteiger charge is -2.23. The van der Waals surface area contributed by atoms with Crippen molar-refractivity contribution in [2.24, 2.45) is 0 Å². The van der Waals surface area contributed by atoms with Crippen LogP contribution in [0.15, 0.2) is 146 Å². The van der Waals surface area contributed by atoms with E-state index < -0.39 is 7.64 Å². The zero-order valence-corrected chi connectivity index (χ0v) is 24.0. The van der Waals surface area contributed by atoms with Crippen molar-refractivity contribution < 1.29 is 4.89 Å². The van der Waals surface area contributed by atoms with Gasteiger partial charge in [0.05, 0.1) is 11.0 Å². The van der Waals surface area contributed by atoms with Gasteiger partial charge in [-0.3, -0.25) is 0 Å². The first-order valence-corrected chi connectivity index (χ1v) is 15.9. The Morgan fingerprint density at radius 1 is 0.610 bits per heavy atom. The molecule has 0 unspecified atom stereocenters. The Balaban J connectivity index is 1.63. The molecule has 1 N–H and O–H groups in total. The molecular weight excluding hydrogens is 519 g/mol. The van der Waals surface area contributed by atoms with Gasteiger partial charge in [0.25, 0.3) is 0 Å². The molecule has 0 saturated heterocycles. The van der Waals surface area contributed by atoms with Crippen LogP contribution in [-0.2, 0) is 6.54 Å². The van der Waals surface area contributed by atoms with E-state index in [1.807, 2.05) is 43.3 Å². The summed E-state index contributed by atoms with van der Waals surface area (Å²) < 4.78 is 4.72. The number of fused-ring (bicyclic) bond motifs is 7. The maximum atomic E-state index is 13.2. The third-order valence-electron chi connectivity index (χ3n) is 8.03. The minimum absolute atomic E-state index is 0.876. The number of rotatable bonds is 7. The lowest BCUT2D eigenvalue weighted by Crippen LogP contribution is -2.27. The highest BCUT2D eigenvalue weighted by atomic mass is 31.2. The molecule has 2 heterocycles. The number of aromatic nitrogens is 2. The first-order valence-electron chi connectivity index (χ1n) is 14.2. The van der Waals surface area contributed by atoms with Crippen LogP contribution < -0.4 is 10.6 Å². The van der Waals surface area contributed by atoms with Crippen molar-refractivity contribution in [3.63, 3.8) is 0 Å². The molecule has 4 heteroatoms. The van der Waals surface area contributed by atoms with E-state index >= 15 is 0 Å². The fourth-order valence-corrected chi connectivity index (χ4v) is 9.17. The number of hydrogen-bond donors (Lipinski definition) is 1. The zero-order valence-electron chi connectivity index (χ0n) is 23.1. The van der Waals surface area contributed by atoms with Crippen LogP contribution in [0.25, 0.3) is 43.6 Å². The normalized spacial score (nSPS) is 12.6. The molecule has 0 atom stereocenters. The first-order chi connectivity index (χ1) is 20.2. The zero-order chi connectivity index (χ0) is 27.8. The molecule has 7 rings (SSSR count). The van der Waals surface area contributed by atoms with Gasteiger partial charge in [-0.05, 0) is 61.9 Å². The second kappa shape index (κ2) is 10.5. The molecule has 3 nitrogen and oxygen atoms in total. The first kappa shape index (κ1) is 25.5. The molecule has 200 valence electrons. The Morgan fingerprint density at radius 3 is 1.90 bits per heavy atom. The average molecular weight is 552 g/mol. The molecule has 0 amide bonds. The summed E-state index contributed by atoms with van der Waals surface area (Å²) in [5.74, 6) is 0. The molecule has 7 aromatic rings. The van der Waals surface area contributed by atoms with Crippen LogP contribution in [0.1, 0.15) is 13.3 Å². The maximum absolute atomic E-state index is 13.2. The molecule has 0 aliphatic rings. The van der Waals surface area contributed by atoms with Gasteiger partial charge in [-0.1, -0.05) is 97.1 Å². The van der Waals surface area contributed by atoms with Gasteiger partial charge in [-0.2, -0.15) is 4.34 Å². The summed E-state index contributed by atoms with van der Waals surface area (Å²) >= 11 is 0. The highest BCUT2D eigenvalue weighted by molar-refractivity contribution is 7.83. The van der Waals surface area contributed by atoms with Gasteiger partial charge in [0, 0.05) is 33.6 Å². The van der Waals surface area contributed by atoms with Crippen molar-refractivity contribution in [1.29, 1.82) is 0 Å². The van der Waals surface area contributed by atoms with E-state index in [0.29, 0.717) is 0 Å². The van der Waals surface area contributed by atoms with Crippen LogP contribution in [0.2, 0.25) is 0 Å². The van der Waals surface area contributed by atoms with Crippen molar-refractivity contribution in [3.05, 3.63) is 146 Å². The molecule has 0 bridgehead atoms. The van der Waals surface area contributed by atoms with Crippen LogP contribution in [0, 0.1) is 0 Å². The van der Waals surface area contributed by atoms with Crippen LogP contribution in [0.4, 0.5) is 0 Å². The largest absolute Gasteiger partial charge is 0.340 e. The molecule has 5 aromatic carbocycles. The fourth-order valence-electron chi connectivity index (χ4n) is 6.25. The Kier molecular flexibility index (Phi) is 6.55. The van der Waals surface area contributed by atoms with Crippen molar-refractivity contribution in [2.75, 3.05) is 0 Å². The predicted octanol–water partition coefficient (Wildman–Crippen LogP) is 8.76. The van der Waals surface area contributed by atoms with Gasteiger partial charge in [0.2, 0.25) is 0 Å². The maximum Gasteiger partial charge on any atom is 0.303 e. The Bertz CT molecular complexity index is 2030. The molecule has 0 radical (unpaired) electrons. The van der Waals surface area contributed by atoms with Gasteiger partial charge in [0.15, 0.2) is 10.6 Å². The average Bonchev–Trinajstić information content (AvgIpc) is 3.54. The molecule has 0 spiro atoms. The van der Waals surface area contributed by atoms with Crippen LogP contribution in [-0.4, -0.2) is 13.8 Å². The summed E-state index contributed by atoms with van der Waals surface area (Å²) in [5, 5.41) is 6.58. The Morgan fingerprint density at radius 2 is 1.22 bits per heavy atom.